The summed E-state index contributed by atoms with van der Waals surface area (Å²) in [7, 11) is 0. The quantitative estimate of drug-likeness (QED) is 0.250. The summed E-state index contributed by atoms with van der Waals surface area (Å²) in [6.07, 6.45) is 2.78. The van der Waals surface area contributed by atoms with E-state index in [0.717, 1.165) is 18.4 Å². The number of carbonyl (C=O) groups is 5. The van der Waals surface area contributed by atoms with Gasteiger partial charge in [0.25, 0.3) is 11.8 Å². The highest BCUT2D eigenvalue weighted by atomic mass is 16.5. The monoisotopic (exact) mass is 654 g/mol. The Morgan fingerprint density at radius 1 is 0.938 bits per heavy atom. The zero-order valence-electron chi connectivity index (χ0n) is 27.3. The van der Waals surface area contributed by atoms with Crippen LogP contribution in [0.1, 0.15) is 63.2 Å². The minimum absolute atomic E-state index is 0.0387. The smallest absolute Gasteiger partial charge is 0.326 e. The van der Waals surface area contributed by atoms with Gasteiger partial charge in [0.15, 0.2) is 6.61 Å². The van der Waals surface area contributed by atoms with Gasteiger partial charge in [-0.25, -0.2) is 4.79 Å². The van der Waals surface area contributed by atoms with Gasteiger partial charge in [0, 0.05) is 25.6 Å². The normalized spacial score (nSPS) is 19.1. The van der Waals surface area contributed by atoms with Crippen molar-refractivity contribution < 1.29 is 33.8 Å². The fourth-order valence-corrected chi connectivity index (χ4v) is 6.73. The van der Waals surface area contributed by atoms with E-state index in [-0.39, 0.29) is 36.7 Å². The molecule has 1 saturated carbocycles. The molecule has 1 heterocycles. The summed E-state index contributed by atoms with van der Waals surface area (Å²) < 4.78 is 5.74. The number of aliphatic carboxylic acids is 1. The van der Waals surface area contributed by atoms with Gasteiger partial charge in [-0.05, 0) is 61.6 Å². The lowest BCUT2D eigenvalue weighted by Gasteiger charge is -2.31. The van der Waals surface area contributed by atoms with Gasteiger partial charge in [0.2, 0.25) is 11.8 Å². The summed E-state index contributed by atoms with van der Waals surface area (Å²) in [5.41, 5.74) is 1.24. The number of carboxylic acid groups (broad SMARTS) is 1. The molecule has 5 rings (SSSR count). The molecule has 2 aliphatic rings. The summed E-state index contributed by atoms with van der Waals surface area (Å²) >= 11 is 0. The zero-order valence-corrected chi connectivity index (χ0v) is 27.3. The van der Waals surface area contributed by atoms with Gasteiger partial charge in [0.05, 0.1) is 5.41 Å². The molecule has 48 heavy (non-hydrogen) atoms. The summed E-state index contributed by atoms with van der Waals surface area (Å²) in [6.45, 7) is 3.23. The number of benzene rings is 3. The standard InChI is InChI=1S/C37H42N4O7/c1-25-34(44)41(33(28-11-5-3-6-12-28)40(25)32(43)24-48-30-13-7-4-8-14-30)29-17-15-27(16-18-29)23-31(35(45)46)39-36(47)37(19-9-10-20-37)21-22-38-26(2)42/h3-8,11-18,25,31,33H,9-10,19-24H2,1-2H3,(H,38,42)(H,39,47)(H,45,46)/t25-,31?,33?/m1/s1. The average molecular weight is 655 g/mol. The maximum absolute atomic E-state index is 13.8. The number of para-hydroxylation sites is 1. The Morgan fingerprint density at radius 3 is 2.17 bits per heavy atom. The minimum Gasteiger partial charge on any atom is -0.484 e. The molecule has 0 spiro atoms. The van der Waals surface area contributed by atoms with Crippen molar-refractivity contribution in [3.8, 4) is 5.75 Å². The van der Waals surface area contributed by atoms with E-state index in [2.05, 4.69) is 10.6 Å². The van der Waals surface area contributed by atoms with E-state index in [9.17, 15) is 29.1 Å². The Bertz CT molecular complexity index is 1610. The van der Waals surface area contributed by atoms with Crippen LogP contribution in [0.5, 0.6) is 5.75 Å². The van der Waals surface area contributed by atoms with E-state index in [1.54, 1.807) is 48.2 Å². The topological polar surface area (TPSA) is 145 Å². The van der Waals surface area contributed by atoms with Crippen molar-refractivity contribution in [2.24, 2.45) is 5.41 Å². The molecule has 2 fully saturated rings. The maximum atomic E-state index is 13.8. The van der Waals surface area contributed by atoms with Gasteiger partial charge in [-0.15, -0.1) is 0 Å². The molecule has 3 aromatic rings. The molecule has 11 nitrogen and oxygen atoms in total. The Morgan fingerprint density at radius 2 is 1.56 bits per heavy atom. The molecule has 0 aromatic heterocycles. The molecule has 4 amide bonds. The summed E-state index contributed by atoms with van der Waals surface area (Å²) in [6, 6.07) is 23.3. The average Bonchev–Trinajstić information content (AvgIpc) is 3.67. The second kappa shape index (κ2) is 15.1. The first-order valence-electron chi connectivity index (χ1n) is 16.3. The third kappa shape index (κ3) is 7.67. The fourth-order valence-electron chi connectivity index (χ4n) is 6.73. The molecular formula is C37H42N4O7. The van der Waals surface area contributed by atoms with Gasteiger partial charge >= 0.3 is 5.97 Å². The molecule has 0 bridgehead atoms. The number of nitrogens with zero attached hydrogens (tertiary/aromatic N) is 2. The molecule has 3 aromatic carbocycles. The van der Waals surface area contributed by atoms with Crippen LogP contribution in [0.3, 0.4) is 0 Å². The molecule has 1 aliphatic heterocycles. The Kier molecular flexibility index (Phi) is 10.8. The van der Waals surface area contributed by atoms with E-state index in [4.69, 9.17) is 4.74 Å². The molecule has 1 aliphatic carbocycles. The lowest BCUT2D eigenvalue weighted by atomic mass is 9.81. The first-order valence-corrected chi connectivity index (χ1v) is 16.3. The summed E-state index contributed by atoms with van der Waals surface area (Å²) in [5.74, 6) is -1.69. The lowest BCUT2D eigenvalue weighted by molar-refractivity contribution is -0.144. The summed E-state index contributed by atoms with van der Waals surface area (Å²) in [4.78, 5) is 67.6. The van der Waals surface area contributed by atoms with Crippen LogP contribution in [-0.2, 0) is 30.4 Å². The third-order valence-electron chi connectivity index (χ3n) is 9.29. The molecule has 252 valence electrons. The van der Waals surface area contributed by atoms with E-state index < -0.39 is 29.6 Å². The van der Waals surface area contributed by atoms with Crippen molar-refractivity contribution in [3.05, 3.63) is 96.1 Å². The molecular weight excluding hydrogens is 612 g/mol. The highest BCUT2D eigenvalue weighted by molar-refractivity contribution is 6.03. The maximum Gasteiger partial charge on any atom is 0.326 e. The number of nitrogens with one attached hydrogen (secondary N) is 2. The van der Waals surface area contributed by atoms with Crippen LogP contribution >= 0.6 is 0 Å². The van der Waals surface area contributed by atoms with Crippen molar-refractivity contribution in [1.82, 2.24) is 15.5 Å². The fraction of sp³-hybridized carbons (Fsp3) is 0.378. The Labute approximate surface area is 280 Å². The molecule has 2 unspecified atom stereocenters. The SMILES string of the molecule is CC(=O)NCCC1(C(=O)NC(Cc2ccc(N3C(=O)[C@@H](C)N(C(=O)COc4ccccc4)C3c3ccccc3)cc2)C(=O)O)CCCC1. The van der Waals surface area contributed by atoms with E-state index >= 15 is 0 Å². The van der Waals surface area contributed by atoms with Crippen LogP contribution in [0.15, 0.2) is 84.9 Å². The van der Waals surface area contributed by atoms with Gasteiger partial charge in [-0.1, -0.05) is 73.5 Å². The van der Waals surface area contributed by atoms with Crippen LogP contribution in [0, 0.1) is 5.41 Å². The second-order valence-electron chi connectivity index (χ2n) is 12.5. The van der Waals surface area contributed by atoms with Gasteiger partial charge in [-0.3, -0.25) is 24.1 Å². The zero-order chi connectivity index (χ0) is 34.3. The third-order valence-corrected chi connectivity index (χ3v) is 9.29. The van der Waals surface area contributed by atoms with E-state index in [0.29, 0.717) is 42.8 Å². The summed E-state index contributed by atoms with van der Waals surface area (Å²) in [5, 5.41) is 15.5. The van der Waals surface area contributed by atoms with Crippen molar-refractivity contribution in [2.75, 3.05) is 18.1 Å². The lowest BCUT2D eigenvalue weighted by Crippen LogP contribution is -2.49. The molecule has 1 saturated heterocycles. The number of amides is 4. The Balaban J connectivity index is 1.33. The van der Waals surface area contributed by atoms with Gasteiger partial charge < -0.3 is 25.4 Å². The van der Waals surface area contributed by atoms with Crippen LogP contribution in [0.4, 0.5) is 5.69 Å². The second-order valence-corrected chi connectivity index (χ2v) is 12.5. The predicted octanol–water partition coefficient (Wildman–Crippen LogP) is 4.23. The van der Waals surface area contributed by atoms with Crippen molar-refractivity contribution in [1.29, 1.82) is 0 Å². The number of hydrogen-bond acceptors (Lipinski definition) is 6. The van der Waals surface area contributed by atoms with E-state index in [1.165, 1.54) is 11.8 Å². The highest BCUT2D eigenvalue weighted by Gasteiger charge is 2.48. The number of anilines is 1. The highest BCUT2D eigenvalue weighted by Crippen LogP contribution is 2.42. The molecule has 11 heteroatoms. The van der Waals surface area contributed by atoms with Crippen molar-refractivity contribution in [2.45, 2.75) is 70.6 Å². The molecule has 0 radical (unpaired) electrons. The van der Waals surface area contributed by atoms with Crippen LogP contribution in [0.2, 0.25) is 0 Å². The number of carbonyl (C=O) groups excluding carboxylic acids is 4. The first-order chi connectivity index (χ1) is 23.1. The number of rotatable bonds is 13. The van der Waals surface area contributed by atoms with Crippen molar-refractivity contribution in [3.63, 3.8) is 0 Å². The first kappa shape index (κ1) is 34.2. The predicted molar refractivity (Wildman–Crippen MR) is 179 cm³/mol. The molecule has 3 N–H and O–H groups in total. The van der Waals surface area contributed by atoms with Gasteiger partial charge in [0.1, 0.15) is 24.0 Å². The number of carboxylic acids is 1. The Hall–Kier alpha value is -5.19. The number of ether oxygens (including phenoxy) is 1. The van der Waals surface area contributed by atoms with Crippen molar-refractivity contribution >= 4 is 35.3 Å². The van der Waals surface area contributed by atoms with E-state index in [1.807, 2.05) is 48.5 Å². The largest absolute Gasteiger partial charge is 0.484 e. The number of hydrogen-bond donors (Lipinski definition) is 3. The minimum atomic E-state index is -1.16. The van der Waals surface area contributed by atoms with Crippen LogP contribution in [0.25, 0.3) is 0 Å². The van der Waals surface area contributed by atoms with Crippen LogP contribution < -0.4 is 20.3 Å². The molecule has 3 atom stereocenters. The van der Waals surface area contributed by atoms with Gasteiger partial charge in [-0.2, -0.15) is 0 Å². The van der Waals surface area contributed by atoms with Crippen LogP contribution in [-0.4, -0.2) is 64.8 Å².